The van der Waals surface area contributed by atoms with Gasteiger partial charge in [0.1, 0.15) is 0 Å². The van der Waals surface area contributed by atoms with E-state index >= 15 is 0 Å². The summed E-state index contributed by atoms with van der Waals surface area (Å²) in [6.45, 7) is 8.69. The van der Waals surface area contributed by atoms with E-state index in [0.29, 0.717) is 0 Å². The van der Waals surface area contributed by atoms with Crippen LogP contribution < -0.4 is 0 Å². The summed E-state index contributed by atoms with van der Waals surface area (Å²) in [5, 5.41) is -0.372. The van der Waals surface area contributed by atoms with Crippen LogP contribution in [-0.4, -0.2) is 21.2 Å². The Balaban J connectivity index is 3.05. The molecule has 0 radical (unpaired) electrons. The first kappa shape index (κ1) is 14.0. The van der Waals surface area contributed by atoms with E-state index in [2.05, 4.69) is 31.8 Å². The van der Waals surface area contributed by atoms with Gasteiger partial charge in [0, 0.05) is 0 Å². The Morgan fingerprint density at radius 1 is 1.24 bits per heavy atom. The summed E-state index contributed by atoms with van der Waals surface area (Å²) >= 11 is 0. The first-order valence-corrected chi connectivity index (χ1v) is 9.43. The molecule has 0 saturated heterocycles. The Bertz CT molecular complexity index is 381. The van der Waals surface area contributed by atoms with E-state index in [-0.39, 0.29) is 11.0 Å². The Labute approximate surface area is 105 Å². The van der Waals surface area contributed by atoms with Gasteiger partial charge in [-0.3, -0.25) is 4.79 Å². The van der Waals surface area contributed by atoms with Crippen molar-refractivity contribution >= 4 is 14.0 Å². The van der Waals surface area contributed by atoms with Gasteiger partial charge in [0.15, 0.2) is 0 Å². The van der Waals surface area contributed by atoms with Crippen molar-refractivity contribution in [2.75, 3.05) is 7.11 Å². The monoisotopic (exact) mass is 250 g/mol. The molecule has 1 aromatic rings. The number of benzene rings is 1. The summed E-state index contributed by atoms with van der Waals surface area (Å²) in [5.41, 5.74) is 1.20. The van der Waals surface area contributed by atoms with Crippen molar-refractivity contribution in [1.29, 1.82) is 0 Å². The summed E-state index contributed by atoms with van der Waals surface area (Å²) in [5.74, 6) is -0.0829. The second-order valence-electron chi connectivity index (χ2n) is 5.74. The van der Waals surface area contributed by atoms with Gasteiger partial charge in [-0.25, -0.2) is 0 Å². The van der Waals surface area contributed by atoms with Gasteiger partial charge in [-0.2, -0.15) is 0 Å². The normalized spacial score (nSPS) is 15.1. The molecule has 0 spiro atoms. The zero-order chi connectivity index (χ0) is 13.1. The number of ether oxygens (including phenoxy) is 1. The smallest absolute Gasteiger partial charge is 0.309 e. The maximum absolute atomic E-state index is 12.1. The van der Waals surface area contributed by atoms with E-state index in [1.807, 2.05) is 25.1 Å². The predicted octanol–water partition coefficient (Wildman–Crippen LogP) is 3.50. The van der Waals surface area contributed by atoms with Gasteiger partial charge < -0.3 is 4.74 Å². The molecule has 0 aliphatic rings. The fourth-order valence-electron chi connectivity index (χ4n) is 1.87. The summed E-state index contributed by atoms with van der Waals surface area (Å²) in [6, 6.07) is 10.2. The van der Waals surface area contributed by atoms with Crippen LogP contribution in [0.5, 0.6) is 0 Å². The molecule has 0 N–H and O–H groups in total. The lowest BCUT2D eigenvalue weighted by molar-refractivity contribution is -0.144. The van der Waals surface area contributed by atoms with Crippen molar-refractivity contribution in [3.05, 3.63) is 35.9 Å². The predicted molar refractivity (Wildman–Crippen MR) is 73.9 cm³/mol. The second-order valence-corrected chi connectivity index (χ2v) is 11.3. The Morgan fingerprint density at radius 3 is 2.18 bits per heavy atom. The number of hydrogen-bond acceptors (Lipinski definition) is 2. The van der Waals surface area contributed by atoms with Gasteiger partial charge in [-0.15, -0.1) is 0 Å². The highest BCUT2D eigenvalue weighted by molar-refractivity contribution is 6.82. The van der Waals surface area contributed by atoms with Crippen LogP contribution in [0.1, 0.15) is 12.5 Å². The molecule has 0 fully saturated rings. The van der Waals surface area contributed by atoms with Crippen LogP contribution >= 0.6 is 0 Å². The summed E-state index contributed by atoms with van der Waals surface area (Å²) in [6.07, 6.45) is 0.760. The average Bonchev–Trinajstić information content (AvgIpc) is 2.27. The average molecular weight is 250 g/mol. The van der Waals surface area contributed by atoms with Gasteiger partial charge in [-0.05, 0) is 12.0 Å². The van der Waals surface area contributed by atoms with Gasteiger partial charge in [0.2, 0.25) is 0 Å². The van der Waals surface area contributed by atoms with Gasteiger partial charge in [0.05, 0.1) is 20.2 Å². The van der Waals surface area contributed by atoms with E-state index in [4.69, 9.17) is 4.74 Å². The van der Waals surface area contributed by atoms with E-state index in [0.717, 1.165) is 6.42 Å². The van der Waals surface area contributed by atoms with E-state index in [1.54, 1.807) is 0 Å². The van der Waals surface area contributed by atoms with Gasteiger partial charge in [0.25, 0.3) is 0 Å². The zero-order valence-corrected chi connectivity index (χ0v) is 12.4. The molecule has 0 saturated carbocycles. The zero-order valence-electron chi connectivity index (χ0n) is 11.4. The van der Waals surface area contributed by atoms with Crippen molar-refractivity contribution in [3.8, 4) is 0 Å². The molecule has 3 heteroatoms. The highest BCUT2D eigenvalue weighted by Crippen LogP contribution is 2.42. The Hall–Kier alpha value is -1.09. The molecule has 94 valence electrons. The lowest BCUT2D eigenvalue weighted by Gasteiger charge is -2.37. The number of carbonyl (C=O) groups excluding carboxylic acids is 1. The highest BCUT2D eigenvalue weighted by atomic mass is 28.3. The number of carbonyl (C=O) groups is 1. The molecule has 17 heavy (non-hydrogen) atoms. The largest absolute Gasteiger partial charge is 0.469 e. The molecule has 1 rings (SSSR count). The summed E-state index contributed by atoms with van der Waals surface area (Å²) in [4.78, 5) is 12.1. The summed E-state index contributed by atoms with van der Waals surface area (Å²) in [7, 11) is -0.174. The van der Waals surface area contributed by atoms with Gasteiger partial charge in [-0.1, -0.05) is 56.9 Å². The van der Waals surface area contributed by atoms with Crippen LogP contribution in [0.4, 0.5) is 0 Å². The van der Waals surface area contributed by atoms with Gasteiger partial charge >= 0.3 is 5.97 Å². The molecule has 0 amide bonds. The Kier molecular flexibility index (Phi) is 4.15. The number of rotatable bonds is 4. The molecule has 0 heterocycles. The van der Waals surface area contributed by atoms with Crippen molar-refractivity contribution in [1.82, 2.24) is 0 Å². The van der Waals surface area contributed by atoms with Crippen molar-refractivity contribution in [2.24, 2.45) is 0 Å². The quantitative estimate of drug-likeness (QED) is 0.604. The van der Waals surface area contributed by atoms with Crippen LogP contribution in [0, 0.1) is 0 Å². The number of hydrogen-bond donors (Lipinski definition) is 0. The van der Waals surface area contributed by atoms with Crippen molar-refractivity contribution in [2.45, 2.75) is 38.0 Å². The molecule has 1 atom stereocenters. The first-order chi connectivity index (χ1) is 7.81. The molecule has 0 unspecified atom stereocenters. The maximum Gasteiger partial charge on any atom is 0.309 e. The SMILES string of the molecule is COC(=O)[C@@](C)(Cc1ccccc1)[Si](C)(C)C. The second kappa shape index (κ2) is 5.04. The van der Waals surface area contributed by atoms with Crippen LogP contribution in [0.3, 0.4) is 0 Å². The lowest BCUT2D eigenvalue weighted by Crippen LogP contribution is -2.45. The molecule has 0 aliphatic carbocycles. The molecule has 0 aliphatic heterocycles. The van der Waals surface area contributed by atoms with Crippen LogP contribution in [0.25, 0.3) is 0 Å². The fourth-order valence-corrected chi connectivity index (χ4v) is 3.32. The minimum Gasteiger partial charge on any atom is -0.469 e. The van der Waals surface area contributed by atoms with E-state index < -0.39 is 8.07 Å². The van der Waals surface area contributed by atoms with Crippen LogP contribution in [0.15, 0.2) is 30.3 Å². The third-order valence-electron chi connectivity index (χ3n) is 3.69. The topological polar surface area (TPSA) is 26.3 Å². The minimum absolute atomic E-state index is 0.0829. The molecule has 0 bridgehead atoms. The van der Waals surface area contributed by atoms with Crippen LogP contribution in [-0.2, 0) is 16.0 Å². The third kappa shape index (κ3) is 2.97. The summed E-state index contributed by atoms with van der Waals surface area (Å²) < 4.78 is 5.01. The standard InChI is InChI=1S/C14H22O2Si/c1-14(13(15)16-2,17(3,4)5)11-12-9-7-6-8-10-12/h6-10H,11H2,1-5H3/t14-/m1/s1. The highest BCUT2D eigenvalue weighted by Gasteiger charge is 2.46. The van der Waals surface area contributed by atoms with Crippen molar-refractivity contribution in [3.63, 3.8) is 0 Å². The molecule has 2 nitrogen and oxygen atoms in total. The lowest BCUT2D eigenvalue weighted by atomic mass is 10.00. The molecular weight excluding hydrogens is 228 g/mol. The molecule has 0 aromatic heterocycles. The van der Waals surface area contributed by atoms with Crippen molar-refractivity contribution < 1.29 is 9.53 Å². The number of esters is 1. The molecule has 1 aromatic carbocycles. The first-order valence-electron chi connectivity index (χ1n) is 5.93. The number of methoxy groups -OCH3 is 1. The third-order valence-corrected chi connectivity index (χ3v) is 7.38. The maximum atomic E-state index is 12.1. The minimum atomic E-state index is -1.65. The van der Waals surface area contributed by atoms with Crippen LogP contribution in [0.2, 0.25) is 24.7 Å². The Morgan fingerprint density at radius 2 is 1.76 bits per heavy atom. The molecular formula is C14H22O2Si. The fraction of sp³-hybridized carbons (Fsp3) is 0.500. The van der Waals surface area contributed by atoms with E-state index in [9.17, 15) is 4.79 Å². The van der Waals surface area contributed by atoms with E-state index in [1.165, 1.54) is 12.7 Å².